The zero-order valence-electron chi connectivity index (χ0n) is 8.43. The van der Waals surface area contributed by atoms with Crippen molar-refractivity contribution in [3.63, 3.8) is 0 Å². The molecule has 0 amide bonds. The summed E-state index contributed by atoms with van der Waals surface area (Å²) in [4.78, 5) is 21.1. The van der Waals surface area contributed by atoms with E-state index in [1.807, 2.05) is 6.07 Å². The van der Waals surface area contributed by atoms with Crippen molar-refractivity contribution in [1.29, 1.82) is 0 Å². The quantitative estimate of drug-likeness (QED) is 0.773. The number of ether oxygens (including phenoxy) is 1. The number of hydrogen-bond acceptors (Lipinski definition) is 3. The molecule has 1 unspecified atom stereocenters. The van der Waals surface area contributed by atoms with Crippen LogP contribution in [0.2, 0.25) is 0 Å². The van der Waals surface area contributed by atoms with Crippen molar-refractivity contribution >= 4 is 11.9 Å². The summed E-state index contributed by atoms with van der Waals surface area (Å²) >= 11 is 0. The number of carbonyl (C=O) groups excluding carboxylic acids is 1. The SMILES string of the molecule is O=C(CC(F)C(=O)O)OCc1ccccc1. The Hall–Kier alpha value is -1.91. The van der Waals surface area contributed by atoms with Crippen LogP contribution < -0.4 is 0 Å². The molecule has 0 radical (unpaired) electrons. The van der Waals surface area contributed by atoms with Crippen molar-refractivity contribution in [1.82, 2.24) is 0 Å². The average molecular weight is 226 g/mol. The van der Waals surface area contributed by atoms with E-state index in [1.54, 1.807) is 24.3 Å². The molecule has 1 atom stereocenters. The fourth-order valence-corrected chi connectivity index (χ4v) is 1.03. The van der Waals surface area contributed by atoms with Gasteiger partial charge in [-0.25, -0.2) is 9.18 Å². The van der Waals surface area contributed by atoms with Crippen LogP contribution in [0.1, 0.15) is 12.0 Å². The van der Waals surface area contributed by atoms with Crippen molar-refractivity contribution in [2.24, 2.45) is 0 Å². The molecule has 5 heteroatoms. The third-order valence-corrected chi connectivity index (χ3v) is 1.86. The summed E-state index contributed by atoms with van der Waals surface area (Å²) in [7, 11) is 0. The van der Waals surface area contributed by atoms with Gasteiger partial charge in [0.2, 0.25) is 6.17 Å². The van der Waals surface area contributed by atoms with Gasteiger partial charge in [0.05, 0.1) is 6.42 Å². The normalized spacial score (nSPS) is 11.8. The van der Waals surface area contributed by atoms with Crippen molar-refractivity contribution in [3.8, 4) is 0 Å². The monoisotopic (exact) mass is 226 g/mol. The van der Waals surface area contributed by atoms with Gasteiger partial charge in [0.1, 0.15) is 6.61 Å². The molecule has 1 rings (SSSR count). The number of benzene rings is 1. The Balaban J connectivity index is 2.33. The van der Waals surface area contributed by atoms with E-state index in [9.17, 15) is 14.0 Å². The summed E-state index contributed by atoms with van der Waals surface area (Å²) < 4.78 is 17.3. The lowest BCUT2D eigenvalue weighted by Gasteiger charge is -2.05. The molecule has 0 saturated carbocycles. The van der Waals surface area contributed by atoms with E-state index in [1.165, 1.54) is 0 Å². The Kier molecular flexibility index (Phi) is 4.44. The van der Waals surface area contributed by atoms with Crippen LogP contribution in [0.5, 0.6) is 0 Å². The smallest absolute Gasteiger partial charge is 0.338 e. The number of hydrogen-bond donors (Lipinski definition) is 1. The van der Waals surface area contributed by atoms with Gasteiger partial charge in [-0.05, 0) is 5.56 Å². The molecular weight excluding hydrogens is 215 g/mol. The number of esters is 1. The first-order chi connectivity index (χ1) is 7.59. The second-order valence-corrected chi connectivity index (χ2v) is 3.16. The lowest BCUT2D eigenvalue weighted by Crippen LogP contribution is -2.20. The number of carboxylic acids is 1. The maximum atomic E-state index is 12.6. The van der Waals surface area contributed by atoms with Crippen LogP contribution >= 0.6 is 0 Å². The van der Waals surface area contributed by atoms with E-state index in [-0.39, 0.29) is 6.61 Å². The third-order valence-electron chi connectivity index (χ3n) is 1.86. The van der Waals surface area contributed by atoms with Crippen LogP contribution in [-0.4, -0.2) is 23.2 Å². The van der Waals surface area contributed by atoms with E-state index in [2.05, 4.69) is 0 Å². The van der Waals surface area contributed by atoms with Crippen molar-refractivity contribution in [2.45, 2.75) is 19.2 Å². The molecule has 16 heavy (non-hydrogen) atoms. The maximum absolute atomic E-state index is 12.6. The number of carboxylic acid groups (broad SMARTS) is 1. The van der Waals surface area contributed by atoms with E-state index >= 15 is 0 Å². The van der Waals surface area contributed by atoms with Gasteiger partial charge in [0, 0.05) is 0 Å². The first-order valence-corrected chi connectivity index (χ1v) is 4.66. The second-order valence-electron chi connectivity index (χ2n) is 3.16. The Labute approximate surface area is 91.7 Å². The Morgan fingerprint density at radius 3 is 2.50 bits per heavy atom. The number of alkyl halides is 1. The van der Waals surface area contributed by atoms with Gasteiger partial charge in [0.15, 0.2) is 0 Å². The molecule has 0 spiro atoms. The molecule has 0 fully saturated rings. The minimum absolute atomic E-state index is 0.0199. The highest BCUT2D eigenvalue weighted by atomic mass is 19.1. The highest BCUT2D eigenvalue weighted by Crippen LogP contribution is 2.04. The van der Waals surface area contributed by atoms with Crippen molar-refractivity contribution < 1.29 is 23.8 Å². The lowest BCUT2D eigenvalue weighted by atomic mass is 10.2. The largest absolute Gasteiger partial charge is 0.479 e. The minimum atomic E-state index is -2.21. The predicted molar refractivity (Wildman–Crippen MR) is 53.4 cm³/mol. The van der Waals surface area contributed by atoms with Gasteiger partial charge in [-0.3, -0.25) is 4.79 Å². The Morgan fingerprint density at radius 1 is 1.31 bits per heavy atom. The molecule has 86 valence electrons. The summed E-state index contributed by atoms with van der Waals surface area (Å²) in [6.07, 6.45) is -2.97. The van der Waals surface area contributed by atoms with Crippen LogP contribution in [0, 0.1) is 0 Å². The Morgan fingerprint density at radius 2 is 1.94 bits per heavy atom. The van der Waals surface area contributed by atoms with Gasteiger partial charge >= 0.3 is 11.9 Å². The fraction of sp³-hybridized carbons (Fsp3) is 0.273. The van der Waals surface area contributed by atoms with Gasteiger partial charge in [-0.2, -0.15) is 0 Å². The summed E-state index contributed by atoms with van der Waals surface area (Å²) in [5.41, 5.74) is 0.765. The first kappa shape index (κ1) is 12.2. The Bertz CT molecular complexity index is 364. The van der Waals surface area contributed by atoms with Crippen LogP contribution in [-0.2, 0) is 20.9 Å². The van der Waals surface area contributed by atoms with Gasteiger partial charge in [-0.15, -0.1) is 0 Å². The zero-order valence-corrected chi connectivity index (χ0v) is 8.43. The van der Waals surface area contributed by atoms with Crippen LogP contribution in [0.3, 0.4) is 0 Å². The third kappa shape index (κ3) is 4.08. The molecule has 4 nitrogen and oxygen atoms in total. The lowest BCUT2D eigenvalue weighted by molar-refractivity contribution is -0.153. The van der Waals surface area contributed by atoms with Gasteiger partial charge in [0.25, 0.3) is 0 Å². The summed E-state index contributed by atoms with van der Waals surface area (Å²) in [5.74, 6) is -2.52. The predicted octanol–water partition coefficient (Wildman–Crippen LogP) is 1.54. The number of carbonyl (C=O) groups is 2. The molecule has 1 N–H and O–H groups in total. The molecular formula is C11H11FO4. The van der Waals surface area contributed by atoms with E-state index in [0.717, 1.165) is 5.56 Å². The van der Waals surface area contributed by atoms with Crippen LogP contribution in [0.15, 0.2) is 30.3 Å². The summed E-state index contributed by atoms with van der Waals surface area (Å²) in [6, 6.07) is 8.86. The van der Waals surface area contributed by atoms with Crippen LogP contribution in [0.4, 0.5) is 4.39 Å². The molecule has 0 heterocycles. The highest BCUT2D eigenvalue weighted by Gasteiger charge is 2.20. The summed E-state index contributed by atoms with van der Waals surface area (Å²) in [6.45, 7) is 0.0199. The molecule has 1 aromatic rings. The average Bonchev–Trinajstić information content (AvgIpc) is 2.27. The topological polar surface area (TPSA) is 63.6 Å². The molecule has 0 aliphatic carbocycles. The zero-order chi connectivity index (χ0) is 12.0. The summed E-state index contributed by atoms with van der Waals surface area (Å²) in [5, 5.41) is 8.23. The van der Waals surface area contributed by atoms with Gasteiger partial charge < -0.3 is 9.84 Å². The van der Waals surface area contributed by atoms with Crippen molar-refractivity contribution in [2.75, 3.05) is 0 Å². The number of halogens is 1. The van der Waals surface area contributed by atoms with Crippen LogP contribution in [0.25, 0.3) is 0 Å². The van der Waals surface area contributed by atoms with Gasteiger partial charge in [-0.1, -0.05) is 30.3 Å². The molecule has 0 bridgehead atoms. The number of rotatable bonds is 5. The number of aliphatic carboxylic acids is 1. The van der Waals surface area contributed by atoms with E-state index < -0.39 is 24.5 Å². The van der Waals surface area contributed by atoms with E-state index in [0.29, 0.717) is 0 Å². The second kappa shape index (κ2) is 5.85. The maximum Gasteiger partial charge on any atom is 0.338 e. The fourth-order valence-electron chi connectivity index (χ4n) is 1.03. The molecule has 0 saturated heterocycles. The molecule has 1 aromatic carbocycles. The molecule has 0 aliphatic heterocycles. The van der Waals surface area contributed by atoms with Crippen molar-refractivity contribution in [3.05, 3.63) is 35.9 Å². The highest BCUT2D eigenvalue weighted by molar-refractivity contribution is 5.80. The molecule has 0 aromatic heterocycles. The minimum Gasteiger partial charge on any atom is -0.479 e. The standard InChI is InChI=1S/C11H11FO4/c12-9(11(14)15)6-10(13)16-7-8-4-2-1-3-5-8/h1-5,9H,6-7H2,(H,14,15). The van der Waals surface area contributed by atoms with E-state index in [4.69, 9.17) is 9.84 Å². The first-order valence-electron chi connectivity index (χ1n) is 4.66. The molecule has 0 aliphatic rings.